The molecule has 2 aromatic heterocycles. The molecule has 1 fully saturated rings. The number of fused-ring (bicyclic) bond motifs is 4. The predicted octanol–water partition coefficient (Wildman–Crippen LogP) is 1.44. The van der Waals surface area contributed by atoms with Crippen LogP contribution < -0.4 is 10.9 Å². The number of pyridine rings is 2. The highest BCUT2D eigenvalue weighted by molar-refractivity contribution is 7.90. The van der Waals surface area contributed by atoms with Gasteiger partial charge in [-0.25, -0.2) is 8.42 Å². The van der Waals surface area contributed by atoms with Crippen LogP contribution in [0.15, 0.2) is 40.2 Å². The van der Waals surface area contributed by atoms with Crippen molar-refractivity contribution in [3.63, 3.8) is 0 Å². The number of halogens is 1. The Kier molecular flexibility index (Phi) is 4.74. The Morgan fingerprint density at radius 1 is 1.24 bits per heavy atom. The fraction of sp³-hybridized carbons (Fsp3) is 0.412. The van der Waals surface area contributed by atoms with Gasteiger partial charge in [-0.05, 0) is 37.1 Å². The second kappa shape index (κ2) is 6.55. The summed E-state index contributed by atoms with van der Waals surface area (Å²) >= 11 is 0. The molecule has 2 aliphatic rings. The molecule has 1 N–H and O–H groups in total. The first kappa shape index (κ1) is 18.1. The molecule has 6 nitrogen and oxygen atoms in total. The molecule has 0 aliphatic carbocycles. The minimum Gasteiger partial charge on any atom is -0.316 e. The summed E-state index contributed by atoms with van der Waals surface area (Å²) in [5.74, 6) is 0.868. The van der Waals surface area contributed by atoms with E-state index < -0.39 is 9.84 Å². The first-order valence-corrected chi connectivity index (χ1v) is 9.93. The zero-order valence-corrected chi connectivity index (χ0v) is 15.4. The highest BCUT2D eigenvalue weighted by Gasteiger charge is 2.31. The maximum Gasteiger partial charge on any atom is 0.251 e. The maximum absolute atomic E-state index is 12.5. The topological polar surface area (TPSA) is 81.1 Å². The molecule has 2 atom stereocenters. The Morgan fingerprint density at radius 2 is 2.04 bits per heavy atom. The summed E-state index contributed by atoms with van der Waals surface area (Å²) in [4.78, 5) is 17.0. The van der Waals surface area contributed by atoms with Crippen LogP contribution in [0, 0.1) is 5.92 Å². The van der Waals surface area contributed by atoms with Crippen molar-refractivity contribution in [2.75, 3.05) is 19.3 Å². The number of sulfone groups is 1. The fourth-order valence-electron chi connectivity index (χ4n) is 3.72. The standard InChI is InChI=1S/C17H19N3O3S.ClH/c1-24(22,23)14-2-3-15(19-9-14)12-5-16-13-4-11(7-18-8-13)10-20(16)17(21)6-12;/h2-3,5-6,9,11,13,18H,4,7-8,10H2,1H3;1H/t11-,13+;/m0./s1. The SMILES string of the molecule is CS(=O)(=O)c1ccc(-c2cc3n(c(=O)c2)C[C@@H]2CNC[C@H]3C2)nc1.Cl. The summed E-state index contributed by atoms with van der Waals surface area (Å²) in [7, 11) is -3.27. The Balaban J connectivity index is 0.00000182. The number of hydrogen-bond donors (Lipinski definition) is 1. The molecule has 2 bridgehead atoms. The van der Waals surface area contributed by atoms with Crippen molar-refractivity contribution in [3.8, 4) is 11.3 Å². The molecular weight excluding hydrogens is 362 g/mol. The van der Waals surface area contributed by atoms with Gasteiger partial charge in [0.25, 0.3) is 5.56 Å². The van der Waals surface area contributed by atoms with E-state index >= 15 is 0 Å². The van der Waals surface area contributed by atoms with Crippen LogP contribution in [0.1, 0.15) is 18.0 Å². The summed E-state index contributed by atoms with van der Waals surface area (Å²) < 4.78 is 25.0. The molecule has 0 saturated carbocycles. The average Bonchev–Trinajstić information content (AvgIpc) is 2.55. The molecule has 4 rings (SSSR count). The maximum atomic E-state index is 12.5. The summed E-state index contributed by atoms with van der Waals surface area (Å²) in [6.07, 6.45) is 3.61. The first-order valence-electron chi connectivity index (χ1n) is 8.04. The Morgan fingerprint density at radius 3 is 2.72 bits per heavy atom. The van der Waals surface area contributed by atoms with Crippen LogP contribution in [-0.4, -0.2) is 37.3 Å². The Bertz CT molecular complexity index is 954. The van der Waals surface area contributed by atoms with E-state index in [1.807, 2.05) is 10.6 Å². The van der Waals surface area contributed by atoms with Gasteiger partial charge >= 0.3 is 0 Å². The Labute approximate surface area is 152 Å². The lowest BCUT2D eigenvalue weighted by Crippen LogP contribution is -2.44. The van der Waals surface area contributed by atoms with E-state index in [4.69, 9.17) is 0 Å². The minimum atomic E-state index is -3.27. The van der Waals surface area contributed by atoms with Gasteiger partial charge < -0.3 is 9.88 Å². The highest BCUT2D eigenvalue weighted by atomic mass is 35.5. The molecule has 2 aliphatic heterocycles. The zero-order chi connectivity index (χ0) is 16.9. The lowest BCUT2D eigenvalue weighted by Gasteiger charge is -2.37. The van der Waals surface area contributed by atoms with Crippen molar-refractivity contribution < 1.29 is 8.42 Å². The highest BCUT2D eigenvalue weighted by Crippen LogP contribution is 2.33. The third-order valence-electron chi connectivity index (χ3n) is 4.92. The molecule has 0 aromatic carbocycles. The normalized spacial score (nSPS) is 22.0. The van der Waals surface area contributed by atoms with Gasteiger partial charge in [0.2, 0.25) is 0 Å². The zero-order valence-electron chi connectivity index (χ0n) is 13.8. The summed E-state index contributed by atoms with van der Waals surface area (Å²) in [5, 5.41) is 3.43. The van der Waals surface area contributed by atoms with Gasteiger partial charge in [0.05, 0.1) is 10.6 Å². The van der Waals surface area contributed by atoms with Crippen molar-refractivity contribution in [3.05, 3.63) is 46.5 Å². The van der Waals surface area contributed by atoms with E-state index in [-0.39, 0.29) is 22.9 Å². The molecule has 0 radical (unpaired) electrons. The number of nitrogens with zero attached hydrogens (tertiary/aromatic N) is 2. The van der Waals surface area contributed by atoms with Crippen LogP contribution in [-0.2, 0) is 16.4 Å². The second-order valence-electron chi connectivity index (χ2n) is 6.73. The second-order valence-corrected chi connectivity index (χ2v) is 8.74. The van der Waals surface area contributed by atoms with Crippen molar-refractivity contribution in [1.82, 2.24) is 14.9 Å². The number of aromatic nitrogens is 2. The molecule has 0 amide bonds. The lowest BCUT2D eigenvalue weighted by molar-refractivity contribution is 0.257. The molecule has 134 valence electrons. The number of piperidine rings is 1. The summed E-state index contributed by atoms with van der Waals surface area (Å²) in [6, 6.07) is 6.82. The Hall–Kier alpha value is -1.70. The third kappa shape index (κ3) is 3.36. The van der Waals surface area contributed by atoms with Crippen LogP contribution in [0.4, 0.5) is 0 Å². The van der Waals surface area contributed by atoms with Gasteiger partial charge in [-0.3, -0.25) is 9.78 Å². The van der Waals surface area contributed by atoms with Crippen LogP contribution in [0.2, 0.25) is 0 Å². The van der Waals surface area contributed by atoms with Crippen LogP contribution in [0.25, 0.3) is 11.3 Å². The van der Waals surface area contributed by atoms with E-state index in [0.29, 0.717) is 17.5 Å². The number of rotatable bonds is 2. The van der Waals surface area contributed by atoms with Crippen LogP contribution in [0.5, 0.6) is 0 Å². The lowest BCUT2D eigenvalue weighted by atomic mass is 9.83. The average molecular weight is 382 g/mol. The first-order chi connectivity index (χ1) is 11.4. The van der Waals surface area contributed by atoms with Gasteiger partial charge in [0.1, 0.15) is 0 Å². The molecule has 2 aromatic rings. The number of hydrogen-bond acceptors (Lipinski definition) is 5. The van der Waals surface area contributed by atoms with Crippen LogP contribution in [0.3, 0.4) is 0 Å². The van der Waals surface area contributed by atoms with Crippen molar-refractivity contribution in [2.24, 2.45) is 5.92 Å². The molecule has 25 heavy (non-hydrogen) atoms. The van der Waals surface area contributed by atoms with Gasteiger partial charge in [0.15, 0.2) is 9.84 Å². The van der Waals surface area contributed by atoms with Gasteiger partial charge in [-0.15, -0.1) is 12.4 Å². The minimum absolute atomic E-state index is 0. The molecule has 4 heterocycles. The van der Waals surface area contributed by atoms with Gasteiger partial charge in [0, 0.05) is 48.8 Å². The molecule has 8 heteroatoms. The number of nitrogens with one attached hydrogen (secondary N) is 1. The molecular formula is C17H20ClN3O3S. The quantitative estimate of drug-likeness (QED) is 0.851. The monoisotopic (exact) mass is 381 g/mol. The van der Waals surface area contributed by atoms with E-state index in [0.717, 1.165) is 43.6 Å². The van der Waals surface area contributed by atoms with Gasteiger partial charge in [-0.2, -0.15) is 0 Å². The molecule has 0 unspecified atom stereocenters. The largest absolute Gasteiger partial charge is 0.316 e. The summed E-state index contributed by atoms with van der Waals surface area (Å²) in [6.45, 7) is 2.62. The van der Waals surface area contributed by atoms with Crippen molar-refractivity contribution in [2.45, 2.75) is 23.8 Å². The van der Waals surface area contributed by atoms with E-state index in [1.54, 1.807) is 12.1 Å². The van der Waals surface area contributed by atoms with E-state index in [9.17, 15) is 13.2 Å². The smallest absolute Gasteiger partial charge is 0.251 e. The predicted molar refractivity (Wildman–Crippen MR) is 98.0 cm³/mol. The van der Waals surface area contributed by atoms with Crippen molar-refractivity contribution in [1.29, 1.82) is 0 Å². The summed E-state index contributed by atoms with van der Waals surface area (Å²) in [5.41, 5.74) is 2.41. The van der Waals surface area contributed by atoms with Gasteiger partial charge in [-0.1, -0.05) is 0 Å². The van der Waals surface area contributed by atoms with Crippen LogP contribution >= 0.6 is 12.4 Å². The third-order valence-corrected chi connectivity index (χ3v) is 6.02. The van der Waals surface area contributed by atoms with E-state index in [1.165, 1.54) is 12.3 Å². The van der Waals surface area contributed by atoms with E-state index in [2.05, 4.69) is 10.3 Å². The van der Waals surface area contributed by atoms with Crippen molar-refractivity contribution >= 4 is 22.2 Å². The fourth-order valence-corrected chi connectivity index (χ4v) is 4.28. The molecule has 0 spiro atoms. The molecule has 1 saturated heterocycles.